The number of imidazole rings is 1. The molecule has 0 aliphatic rings. The Balaban J connectivity index is 2.21. The maximum absolute atomic E-state index is 11.3. The van der Waals surface area contributed by atoms with Crippen LogP contribution >= 0.6 is 0 Å². The molecule has 6 heteroatoms. The van der Waals surface area contributed by atoms with Gasteiger partial charge in [0.2, 0.25) is 0 Å². The smallest absolute Gasteiger partial charge is 0.326 e. The van der Waals surface area contributed by atoms with Crippen molar-refractivity contribution in [1.82, 2.24) is 14.9 Å². The van der Waals surface area contributed by atoms with E-state index in [2.05, 4.69) is 10.3 Å². The Kier molecular flexibility index (Phi) is 4.33. The van der Waals surface area contributed by atoms with Crippen LogP contribution in [0.4, 0.5) is 4.79 Å². The minimum absolute atomic E-state index is 0.175. The molecule has 1 heterocycles. The first-order valence-corrected chi connectivity index (χ1v) is 4.65. The lowest BCUT2D eigenvalue weighted by atomic mass is 10.4. The van der Waals surface area contributed by atoms with Crippen LogP contribution in [0.15, 0.2) is 18.7 Å². The van der Waals surface area contributed by atoms with Crippen molar-refractivity contribution in [2.75, 3.05) is 13.2 Å². The van der Waals surface area contributed by atoms with Gasteiger partial charge in [0.25, 0.3) is 0 Å². The first-order valence-electron chi connectivity index (χ1n) is 4.65. The van der Waals surface area contributed by atoms with Crippen molar-refractivity contribution in [3.63, 3.8) is 0 Å². The van der Waals surface area contributed by atoms with Gasteiger partial charge in [0.05, 0.1) is 13.0 Å². The van der Waals surface area contributed by atoms with E-state index in [0.717, 1.165) is 0 Å². The Bertz CT molecular complexity index is 321. The van der Waals surface area contributed by atoms with E-state index in [4.69, 9.17) is 4.74 Å². The van der Waals surface area contributed by atoms with Gasteiger partial charge in [0.1, 0.15) is 6.33 Å². The van der Waals surface area contributed by atoms with Gasteiger partial charge in [0.15, 0.2) is 0 Å². The van der Waals surface area contributed by atoms with E-state index >= 15 is 0 Å². The van der Waals surface area contributed by atoms with E-state index in [0.29, 0.717) is 6.61 Å². The van der Waals surface area contributed by atoms with Crippen LogP contribution in [0.3, 0.4) is 0 Å². The zero-order chi connectivity index (χ0) is 11.1. The van der Waals surface area contributed by atoms with Crippen LogP contribution in [-0.4, -0.2) is 34.7 Å². The molecule has 0 aliphatic carbocycles. The normalized spacial score (nSPS) is 9.67. The summed E-state index contributed by atoms with van der Waals surface area (Å²) in [5, 5.41) is 2.56. The third-order valence-corrected chi connectivity index (χ3v) is 1.65. The highest BCUT2D eigenvalue weighted by Gasteiger charge is 2.05. The molecule has 1 aromatic heterocycles. The van der Waals surface area contributed by atoms with E-state index in [1.807, 2.05) is 0 Å². The highest BCUT2D eigenvalue weighted by Crippen LogP contribution is 1.87. The molecule has 0 bridgehead atoms. The largest absolute Gasteiger partial charge is 0.466 e. The molecule has 1 aromatic rings. The van der Waals surface area contributed by atoms with Gasteiger partial charge in [-0.2, -0.15) is 0 Å². The zero-order valence-corrected chi connectivity index (χ0v) is 8.47. The number of carbonyl (C=O) groups excluding carboxylic acids is 2. The van der Waals surface area contributed by atoms with E-state index in [1.54, 1.807) is 6.92 Å². The van der Waals surface area contributed by atoms with Gasteiger partial charge >= 0.3 is 12.0 Å². The van der Waals surface area contributed by atoms with Crippen molar-refractivity contribution < 1.29 is 14.3 Å². The van der Waals surface area contributed by atoms with Gasteiger partial charge in [-0.3, -0.25) is 9.36 Å². The second-order valence-corrected chi connectivity index (χ2v) is 2.76. The number of ether oxygens (including phenoxy) is 1. The highest BCUT2D eigenvalue weighted by atomic mass is 16.5. The van der Waals surface area contributed by atoms with Crippen LogP contribution in [-0.2, 0) is 9.53 Å². The average molecular weight is 211 g/mol. The van der Waals surface area contributed by atoms with Crippen LogP contribution in [0, 0.1) is 0 Å². The Hall–Kier alpha value is -1.85. The van der Waals surface area contributed by atoms with Gasteiger partial charge in [0, 0.05) is 18.9 Å². The van der Waals surface area contributed by atoms with Crippen molar-refractivity contribution in [3.8, 4) is 0 Å². The van der Waals surface area contributed by atoms with Crippen LogP contribution in [0.2, 0.25) is 0 Å². The number of esters is 1. The summed E-state index contributed by atoms with van der Waals surface area (Å²) in [5.41, 5.74) is 0. The SMILES string of the molecule is CCOC(=O)CCNC(=O)n1ccnc1. The molecule has 1 N–H and O–H groups in total. The van der Waals surface area contributed by atoms with Gasteiger partial charge in [-0.15, -0.1) is 0 Å². The summed E-state index contributed by atoms with van der Waals surface area (Å²) in [6.07, 6.45) is 4.60. The predicted molar refractivity (Wildman–Crippen MR) is 52.3 cm³/mol. The average Bonchev–Trinajstić information content (AvgIpc) is 2.70. The molecule has 0 saturated carbocycles. The molecule has 15 heavy (non-hydrogen) atoms. The summed E-state index contributed by atoms with van der Waals surface area (Å²) in [4.78, 5) is 25.9. The molecule has 0 radical (unpaired) electrons. The monoisotopic (exact) mass is 211 g/mol. The maximum atomic E-state index is 11.3. The number of carbonyl (C=O) groups is 2. The van der Waals surface area contributed by atoms with Gasteiger partial charge < -0.3 is 10.1 Å². The molecule has 0 aromatic carbocycles. The van der Waals surface area contributed by atoms with Crippen LogP contribution in [0.5, 0.6) is 0 Å². The maximum Gasteiger partial charge on any atom is 0.326 e. The second kappa shape index (κ2) is 5.79. The fourth-order valence-corrected chi connectivity index (χ4v) is 0.975. The molecule has 0 unspecified atom stereocenters. The summed E-state index contributed by atoms with van der Waals surface area (Å²) < 4.78 is 6.00. The summed E-state index contributed by atoms with van der Waals surface area (Å²) in [5.74, 6) is -0.316. The molecule has 82 valence electrons. The number of rotatable bonds is 4. The minimum Gasteiger partial charge on any atom is -0.466 e. The van der Waals surface area contributed by atoms with Crippen molar-refractivity contribution in [2.24, 2.45) is 0 Å². The van der Waals surface area contributed by atoms with Crippen LogP contribution in [0.25, 0.3) is 0 Å². The van der Waals surface area contributed by atoms with E-state index in [-0.39, 0.29) is 25.0 Å². The minimum atomic E-state index is -0.316. The van der Waals surface area contributed by atoms with Crippen LogP contribution in [0.1, 0.15) is 13.3 Å². The lowest BCUT2D eigenvalue weighted by Gasteiger charge is -2.04. The molecule has 0 saturated heterocycles. The molecule has 0 atom stereocenters. The van der Waals surface area contributed by atoms with Crippen molar-refractivity contribution in [1.29, 1.82) is 0 Å². The van der Waals surface area contributed by atoms with Crippen molar-refractivity contribution >= 4 is 12.0 Å². The number of aromatic nitrogens is 2. The number of nitrogens with zero attached hydrogens (tertiary/aromatic N) is 2. The number of hydrogen-bond acceptors (Lipinski definition) is 4. The molecular weight excluding hydrogens is 198 g/mol. The molecule has 0 fully saturated rings. The fourth-order valence-electron chi connectivity index (χ4n) is 0.975. The third-order valence-electron chi connectivity index (χ3n) is 1.65. The number of nitrogens with one attached hydrogen (secondary N) is 1. The molecular formula is C9H13N3O3. The number of hydrogen-bond donors (Lipinski definition) is 1. The number of amides is 1. The topological polar surface area (TPSA) is 73.2 Å². The first kappa shape index (κ1) is 11.2. The molecule has 1 amide bonds. The zero-order valence-electron chi connectivity index (χ0n) is 8.47. The lowest BCUT2D eigenvalue weighted by Crippen LogP contribution is -2.29. The van der Waals surface area contributed by atoms with E-state index in [1.165, 1.54) is 23.3 Å². The molecule has 0 spiro atoms. The predicted octanol–water partition coefficient (Wildman–Crippen LogP) is 0.394. The van der Waals surface area contributed by atoms with Crippen molar-refractivity contribution in [3.05, 3.63) is 18.7 Å². The molecule has 6 nitrogen and oxygen atoms in total. The van der Waals surface area contributed by atoms with Gasteiger partial charge in [-0.25, -0.2) is 9.78 Å². The van der Waals surface area contributed by atoms with Crippen molar-refractivity contribution in [2.45, 2.75) is 13.3 Å². The van der Waals surface area contributed by atoms with Gasteiger partial charge in [-0.05, 0) is 6.92 Å². The third kappa shape index (κ3) is 3.80. The first-order chi connectivity index (χ1) is 7.24. The van der Waals surface area contributed by atoms with E-state index < -0.39 is 0 Å². The summed E-state index contributed by atoms with van der Waals surface area (Å²) >= 11 is 0. The quantitative estimate of drug-likeness (QED) is 0.731. The van der Waals surface area contributed by atoms with Gasteiger partial charge in [-0.1, -0.05) is 0 Å². The molecule has 0 aliphatic heterocycles. The Labute approximate surface area is 87.2 Å². The summed E-state index contributed by atoms with van der Waals surface area (Å²) in [6.45, 7) is 2.35. The van der Waals surface area contributed by atoms with Crippen LogP contribution < -0.4 is 5.32 Å². The van der Waals surface area contributed by atoms with E-state index in [9.17, 15) is 9.59 Å². The Morgan fingerprint density at radius 1 is 1.53 bits per heavy atom. The summed E-state index contributed by atoms with van der Waals surface area (Å²) in [6, 6.07) is -0.309. The summed E-state index contributed by atoms with van der Waals surface area (Å²) in [7, 11) is 0. The second-order valence-electron chi connectivity index (χ2n) is 2.76. The fraction of sp³-hybridized carbons (Fsp3) is 0.444. The molecule has 1 rings (SSSR count). The standard InChI is InChI=1S/C9H13N3O3/c1-2-15-8(13)3-4-11-9(14)12-6-5-10-7-12/h5-7H,2-4H2,1H3,(H,11,14). The highest BCUT2D eigenvalue weighted by molar-refractivity contribution is 5.77. The Morgan fingerprint density at radius 3 is 2.93 bits per heavy atom. The Morgan fingerprint density at radius 2 is 2.33 bits per heavy atom. The lowest BCUT2D eigenvalue weighted by molar-refractivity contribution is -0.142.